The number of nitrogens with zero attached hydrogens (tertiary/aromatic N) is 2. The fourth-order valence-electron chi connectivity index (χ4n) is 4.03. The molecule has 2 aromatic rings. The number of aryl methyl sites for hydroxylation is 2. The Balaban J connectivity index is 1.80. The summed E-state index contributed by atoms with van der Waals surface area (Å²) in [5.74, 6) is 0. The minimum absolute atomic E-state index is 0.595. The van der Waals surface area contributed by atoms with Crippen molar-refractivity contribution in [3.63, 3.8) is 0 Å². The summed E-state index contributed by atoms with van der Waals surface area (Å²) in [6.07, 6.45) is 4.72. The Morgan fingerprint density at radius 1 is 0.955 bits per heavy atom. The first kappa shape index (κ1) is 13.8. The van der Waals surface area contributed by atoms with E-state index in [4.69, 9.17) is 0 Å². The quantitative estimate of drug-likeness (QED) is 0.849. The zero-order chi connectivity index (χ0) is 15.1. The number of fused-ring (bicyclic) bond motifs is 2. The van der Waals surface area contributed by atoms with Crippen molar-refractivity contribution in [1.29, 1.82) is 0 Å². The lowest BCUT2D eigenvalue weighted by atomic mass is 10.00. The third kappa shape index (κ3) is 2.22. The molecule has 4 rings (SSSR count). The molecule has 2 aliphatic heterocycles. The Morgan fingerprint density at radius 2 is 1.68 bits per heavy atom. The molecule has 2 aliphatic rings. The third-order valence-corrected chi connectivity index (χ3v) is 5.09. The van der Waals surface area contributed by atoms with Crippen molar-refractivity contribution in [3.8, 4) is 0 Å². The Kier molecular flexibility index (Phi) is 3.42. The van der Waals surface area contributed by atoms with Crippen LogP contribution >= 0.6 is 0 Å². The lowest BCUT2D eigenvalue weighted by Crippen LogP contribution is -2.31. The first-order valence-corrected chi connectivity index (χ1v) is 8.36. The summed E-state index contributed by atoms with van der Waals surface area (Å²) in [4.78, 5) is 4.95. The van der Waals surface area contributed by atoms with E-state index in [1.165, 1.54) is 40.9 Å². The molecule has 1 unspecified atom stereocenters. The Bertz CT molecular complexity index is 690. The summed E-state index contributed by atoms with van der Waals surface area (Å²) in [7, 11) is 4.34. The van der Waals surface area contributed by atoms with Crippen LogP contribution in [0.5, 0.6) is 0 Å². The van der Waals surface area contributed by atoms with Crippen LogP contribution in [0.3, 0.4) is 0 Å². The van der Waals surface area contributed by atoms with E-state index in [1.807, 2.05) is 0 Å². The van der Waals surface area contributed by atoms with Gasteiger partial charge in [-0.05, 0) is 69.1 Å². The molecule has 0 radical (unpaired) electrons. The molecule has 0 bridgehead atoms. The summed E-state index contributed by atoms with van der Waals surface area (Å²) in [6.45, 7) is 1.15. The molecule has 0 fully saturated rings. The standard InChI is InChI=1S/C20H24N2/c1-21(2)13-12-18-14-17-8-5-7-16-11-10-15-6-3-4-9-19(15)22(18)20(16)17/h3-9,18H,10-14H2,1-2H3. The second-order valence-corrected chi connectivity index (χ2v) is 6.87. The van der Waals surface area contributed by atoms with Gasteiger partial charge < -0.3 is 9.80 Å². The predicted octanol–water partition coefficient (Wildman–Crippen LogP) is 3.80. The molecule has 0 spiro atoms. The van der Waals surface area contributed by atoms with Gasteiger partial charge in [0.15, 0.2) is 0 Å². The van der Waals surface area contributed by atoms with Gasteiger partial charge in [0.2, 0.25) is 0 Å². The Hall–Kier alpha value is -1.80. The molecule has 1 atom stereocenters. The van der Waals surface area contributed by atoms with Gasteiger partial charge in [-0.2, -0.15) is 0 Å². The second-order valence-electron chi connectivity index (χ2n) is 6.87. The van der Waals surface area contributed by atoms with Crippen LogP contribution in [-0.2, 0) is 19.3 Å². The van der Waals surface area contributed by atoms with Crippen molar-refractivity contribution in [2.75, 3.05) is 25.5 Å². The second kappa shape index (κ2) is 5.44. The zero-order valence-corrected chi connectivity index (χ0v) is 13.5. The number of rotatable bonds is 3. The van der Waals surface area contributed by atoms with E-state index >= 15 is 0 Å². The summed E-state index contributed by atoms with van der Waals surface area (Å²) < 4.78 is 0. The largest absolute Gasteiger partial charge is 0.337 e. The van der Waals surface area contributed by atoms with Gasteiger partial charge in [-0.1, -0.05) is 36.4 Å². The van der Waals surface area contributed by atoms with Crippen LogP contribution in [-0.4, -0.2) is 31.6 Å². The van der Waals surface area contributed by atoms with Crippen molar-refractivity contribution < 1.29 is 0 Å². The average Bonchev–Trinajstić information content (AvgIpc) is 2.80. The molecule has 0 aromatic heterocycles. The van der Waals surface area contributed by atoms with Crippen molar-refractivity contribution in [2.45, 2.75) is 31.7 Å². The highest BCUT2D eigenvalue weighted by Gasteiger charge is 2.34. The number of hydrogen-bond acceptors (Lipinski definition) is 2. The van der Waals surface area contributed by atoms with Gasteiger partial charge >= 0.3 is 0 Å². The molecular formula is C20H24N2. The van der Waals surface area contributed by atoms with Crippen molar-refractivity contribution >= 4 is 11.4 Å². The van der Waals surface area contributed by atoms with Crippen molar-refractivity contribution in [1.82, 2.24) is 4.90 Å². The monoisotopic (exact) mass is 292 g/mol. The summed E-state index contributed by atoms with van der Waals surface area (Å²) >= 11 is 0. The summed E-state index contributed by atoms with van der Waals surface area (Å²) in [6, 6.07) is 16.5. The average molecular weight is 292 g/mol. The SMILES string of the molecule is CN(C)CCC1Cc2cccc3c2N1c1ccccc1CC3. The maximum atomic E-state index is 2.65. The summed E-state index contributed by atoms with van der Waals surface area (Å²) in [5, 5.41) is 0. The maximum Gasteiger partial charge on any atom is 0.0479 e. The molecule has 0 N–H and O–H groups in total. The van der Waals surface area contributed by atoms with Crippen LogP contribution in [0.15, 0.2) is 42.5 Å². The Morgan fingerprint density at radius 3 is 2.55 bits per heavy atom. The minimum atomic E-state index is 0.595. The van der Waals surface area contributed by atoms with Gasteiger partial charge in [-0.15, -0.1) is 0 Å². The molecule has 0 amide bonds. The molecule has 114 valence electrons. The Labute approximate surface area is 133 Å². The molecule has 22 heavy (non-hydrogen) atoms. The molecule has 0 saturated heterocycles. The normalized spacial score (nSPS) is 19.0. The van der Waals surface area contributed by atoms with E-state index in [2.05, 4.69) is 66.4 Å². The molecule has 0 aliphatic carbocycles. The number of hydrogen-bond donors (Lipinski definition) is 0. The predicted molar refractivity (Wildman–Crippen MR) is 93.1 cm³/mol. The summed E-state index contributed by atoms with van der Waals surface area (Å²) in [5.41, 5.74) is 7.52. The van der Waals surface area contributed by atoms with Crippen LogP contribution in [0.2, 0.25) is 0 Å². The molecule has 2 aromatic carbocycles. The topological polar surface area (TPSA) is 6.48 Å². The highest BCUT2D eigenvalue weighted by atomic mass is 15.2. The van der Waals surface area contributed by atoms with Crippen LogP contribution < -0.4 is 4.90 Å². The molecule has 2 heteroatoms. The van der Waals surface area contributed by atoms with Gasteiger partial charge in [0.25, 0.3) is 0 Å². The van der Waals surface area contributed by atoms with Gasteiger partial charge in [0, 0.05) is 17.4 Å². The highest BCUT2D eigenvalue weighted by molar-refractivity contribution is 5.77. The van der Waals surface area contributed by atoms with E-state index < -0.39 is 0 Å². The van der Waals surface area contributed by atoms with Gasteiger partial charge in [0.05, 0.1) is 0 Å². The van der Waals surface area contributed by atoms with Gasteiger partial charge in [-0.25, -0.2) is 0 Å². The fraction of sp³-hybridized carbons (Fsp3) is 0.400. The van der Waals surface area contributed by atoms with E-state index in [0.29, 0.717) is 6.04 Å². The minimum Gasteiger partial charge on any atom is -0.337 e. The molecule has 2 heterocycles. The zero-order valence-electron chi connectivity index (χ0n) is 13.5. The van der Waals surface area contributed by atoms with E-state index in [9.17, 15) is 0 Å². The van der Waals surface area contributed by atoms with Gasteiger partial charge in [-0.3, -0.25) is 0 Å². The lowest BCUT2D eigenvalue weighted by Gasteiger charge is -2.30. The molecule has 2 nitrogen and oxygen atoms in total. The third-order valence-electron chi connectivity index (χ3n) is 5.09. The number of para-hydroxylation sites is 2. The van der Waals surface area contributed by atoms with E-state index in [1.54, 1.807) is 0 Å². The van der Waals surface area contributed by atoms with Gasteiger partial charge in [0.1, 0.15) is 0 Å². The first-order chi connectivity index (χ1) is 10.7. The fourth-order valence-corrected chi connectivity index (χ4v) is 4.03. The van der Waals surface area contributed by atoms with E-state index in [-0.39, 0.29) is 0 Å². The highest BCUT2D eigenvalue weighted by Crippen LogP contribution is 2.45. The van der Waals surface area contributed by atoms with Crippen molar-refractivity contribution in [2.24, 2.45) is 0 Å². The van der Waals surface area contributed by atoms with Crippen LogP contribution in [0.25, 0.3) is 0 Å². The van der Waals surface area contributed by atoms with Crippen LogP contribution in [0.1, 0.15) is 23.1 Å². The lowest BCUT2D eigenvalue weighted by molar-refractivity contribution is 0.382. The maximum absolute atomic E-state index is 2.65. The smallest absolute Gasteiger partial charge is 0.0479 e. The van der Waals surface area contributed by atoms with E-state index in [0.717, 1.165) is 19.4 Å². The van der Waals surface area contributed by atoms with Crippen LogP contribution in [0, 0.1) is 0 Å². The van der Waals surface area contributed by atoms with Crippen molar-refractivity contribution in [3.05, 3.63) is 59.2 Å². The molecule has 0 saturated carbocycles. The van der Waals surface area contributed by atoms with Crippen LogP contribution in [0.4, 0.5) is 11.4 Å². The first-order valence-electron chi connectivity index (χ1n) is 8.36. The molecular weight excluding hydrogens is 268 g/mol. The number of anilines is 2. The number of benzene rings is 2.